The number of nitrogens with two attached hydrogens (primary N) is 1. The minimum absolute atomic E-state index is 0.0247. The highest BCUT2D eigenvalue weighted by molar-refractivity contribution is 7.89. The van der Waals surface area contributed by atoms with E-state index in [-0.39, 0.29) is 16.1 Å². The average Bonchev–Trinajstić information content (AvgIpc) is 2.57. The number of aryl methyl sites for hydroxylation is 2. The third-order valence-electron chi connectivity index (χ3n) is 2.43. The first-order valence-corrected chi connectivity index (χ1v) is 7.49. The molecule has 1 heterocycles. The van der Waals surface area contributed by atoms with Crippen LogP contribution >= 0.6 is 12.2 Å². The van der Waals surface area contributed by atoms with Crippen LogP contribution in [0.3, 0.4) is 0 Å². The SMILES string of the molecule is CCn1cc(S(=O)(=O)NC(C)CC(N)=S)nc1C. The Bertz CT molecular complexity index is 536. The molecule has 1 rings (SSSR count). The first-order valence-electron chi connectivity index (χ1n) is 5.60. The summed E-state index contributed by atoms with van der Waals surface area (Å²) in [5.74, 6) is 0.667. The van der Waals surface area contributed by atoms with Gasteiger partial charge in [0, 0.05) is 25.2 Å². The van der Waals surface area contributed by atoms with Gasteiger partial charge in [0.25, 0.3) is 10.0 Å². The van der Waals surface area contributed by atoms with Crippen molar-refractivity contribution in [2.24, 2.45) is 5.73 Å². The average molecular weight is 290 g/mol. The number of hydrogen-bond donors (Lipinski definition) is 2. The Labute approximate surface area is 113 Å². The fourth-order valence-corrected chi connectivity index (χ4v) is 3.10. The van der Waals surface area contributed by atoms with Gasteiger partial charge in [-0.15, -0.1) is 0 Å². The van der Waals surface area contributed by atoms with Crippen molar-refractivity contribution in [2.45, 2.75) is 44.8 Å². The van der Waals surface area contributed by atoms with Crippen LogP contribution in [0.5, 0.6) is 0 Å². The minimum Gasteiger partial charge on any atom is -0.393 e. The van der Waals surface area contributed by atoms with E-state index in [1.165, 1.54) is 6.20 Å². The molecule has 1 aromatic heterocycles. The van der Waals surface area contributed by atoms with Gasteiger partial charge in [-0.25, -0.2) is 18.1 Å². The van der Waals surface area contributed by atoms with Crippen LogP contribution in [0.1, 0.15) is 26.1 Å². The third-order valence-corrected chi connectivity index (χ3v) is 4.06. The maximum atomic E-state index is 12.0. The number of imidazole rings is 1. The number of thiocarbonyl (C=S) groups is 1. The Morgan fingerprint density at radius 2 is 2.28 bits per heavy atom. The van der Waals surface area contributed by atoms with Crippen LogP contribution in [0.4, 0.5) is 0 Å². The lowest BCUT2D eigenvalue weighted by Gasteiger charge is -2.11. The Balaban J connectivity index is 2.89. The van der Waals surface area contributed by atoms with Crippen molar-refractivity contribution < 1.29 is 8.42 Å². The van der Waals surface area contributed by atoms with Gasteiger partial charge in [0.15, 0.2) is 5.03 Å². The van der Waals surface area contributed by atoms with E-state index in [4.69, 9.17) is 18.0 Å². The molecule has 0 aliphatic heterocycles. The quantitative estimate of drug-likeness (QED) is 0.747. The first-order chi connectivity index (χ1) is 8.26. The minimum atomic E-state index is -3.61. The Morgan fingerprint density at radius 3 is 2.72 bits per heavy atom. The molecule has 0 aromatic carbocycles. The number of nitrogens with zero attached hydrogens (tertiary/aromatic N) is 2. The zero-order valence-electron chi connectivity index (χ0n) is 10.7. The summed E-state index contributed by atoms with van der Waals surface area (Å²) in [7, 11) is -3.61. The van der Waals surface area contributed by atoms with Crippen LogP contribution in [0, 0.1) is 6.92 Å². The molecule has 18 heavy (non-hydrogen) atoms. The monoisotopic (exact) mass is 290 g/mol. The van der Waals surface area contributed by atoms with Crippen molar-refractivity contribution in [3.05, 3.63) is 12.0 Å². The van der Waals surface area contributed by atoms with Gasteiger partial charge >= 0.3 is 0 Å². The van der Waals surface area contributed by atoms with Gasteiger partial charge < -0.3 is 10.3 Å². The fraction of sp³-hybridized carbons (Fsp3) is 0.600. The van der Waals surface area contributed by atoms with E-state index in [0.717, 1.165) is 0 Å². The van der Waals surface area contributed by atoms with Crippen molar-refractivity contribution in [3.63, 3.8) is 0 Å². The summed E-state index contributed by atoms with van der Waals surface area (Å²) in [6.07, 6.45) is 1.84. The smallest absolute Gasteiger partial charge is 0.259 e. The van der Waals surface area contributed by atoms with Gasteiger partial charge in [0.05, 0.1) is 4.99 Å². The van der Waals surface area contributed by atoms with Crippen molar-refractivity contribution in [3.8, 4) is 0 Å². The summed E-state index contributed by atoms with van der Waals surface area (Å²) in [5, 5.41) is 0.0247. The highest BCUT2D eigenvalue weighted by Gasteiger charge is 2.21. The van der Waals surface area contributed by atoms with E-state index >= 15 is 0 Å². The van der Waals surface area contributed by atoms with E-state index in [1.807, 2.05) is 6.92 Å². The number of rotatable bonds is 6. The molecule has 8 heteroatoms. The molecule has 0 amide bonds. The number of hydrogen-bond acceptors (Lipinski definition) is 4. The van der Waals surface area contributed by atoms with E-state index in [2.05, 4.69) is 9.71 Å². The first kappa shape index (κ1) is 15.1. The van der Waals surface area contributed by atoms with Crippen molar-refractivity contribution in [1.82, 2.24) is 14.3 Å². The Hall–Kier alpha value is -0.990. The maximum Gasteiger partial charge on any atom is 0.259 e. The maximum absolute atomic E-state index is 12.0. The van der Waals surface area contributed by atoms with E-state index < -0.39 is 10.0 Å². The van der Waals surface area contributed by atoms with Gasteiger partial charge in [-0.1, -0.05) is 12.2 Å². The molecule has 0 bridgehead atoms. The molecule has 0 fully saturated rings. The molecule has 0 radical (unpaired) electrons. The van der Waals surface area contributed by atoms with E-state index in [9.17, 15) is 8.42 Å². The molecule has 1 aromatic rings. The summed E-state index contributed by atoms with van der Waals surface area (Å²) >= 11 is 4.74. The van der Waals surface area contributed by atoms with Crippen LogP contribution in [0.25, 0.3) is 0 Å². The van der Waals surface area contributed by atoms with Crippen molar-refractivity contribution in [1.29, 1.82) is 0 Å². The molecule has 0 saturated carbocycles. The summed E-state index contributed by atoms with van der Waals surface area (Å²) in [4.78, 5) is 4.31. The molecular weight excluding hydrogens is 272 g/mol. The van der Waals surface area contributed by atoms with Crippen LogP contribution in [0.2, 0.25) is 0 Å². The fourth-order valence-electron chi connectivity index (χ4n) is 1.60. The molecule has 3 N–H and O–H groups in total. The second-order valence-corrected chi connectivity index (χ2v) is 6.29. The predicted octanol–water partition coefficient (Wildman–Crippen LogP) is 0.554. The summed E-state index contributed by atoms with van der Waals surface area (Å²) < 4.78 is 28.3. The molecular formula is C10H18N4O2S2. The number of nitrogens with one attached hydrogen (secondary N) is 1. The van der Waals surface area contributed by atoms with E-state index in [0.29, 0.717) is 18.8 Å². The third kappa shape index (κ3) is 3.76. The normalized spacial score (nSPS) is 13.5. The molecule has 102 valence electrons. The second kappa shape index (κ2) is 5.77. The second-order valence-electron chi connectivity index (χ2n) is 4.11. The standard InChI is InChI=1S/C10H18N4O2S2/c1-4-14-6-10(12-8(14)3)18(15,16)13-7(2)5-9(11)17/h6-7,13H,4-5H2,1-3H3,(H2,11,17). The Kier molecular flexibility index (Phi) is 4.83. The highest BCUT2D eigenvalue weighted by atomic mass is 32.2. The summed E-state index contributed by atoms with van der Waals surface area (Å²) in [5.41, 5.74) is 5.38. The highest BCUT2D eigenvalue weighted by Crippen LogP contribution is 2.10. The van der Waals surface area contributed by atoms with Gasteiger partial charge in [-0.2, -0.15) is 0 Å². The van der Waals surface area contributed by atoms with Gasteiger partial charge in [0.2, 0.25) is 0 Å². The van der Waals surface area contributed by atoms with Gasteiger partial charge in [0.1, 0.15) is 5.82 Å². The molecule has 0 aliphatic carbocycles. The number of sulfonamides is 1. The molecule has 0 spiro atoms. The lowest BCUT2D eigenvalue weighted by Crippen LogP contribution is -2.35. The van der Waals surface area contributed by atoms with E-state index in [1.54, 1.807) is 18.4 Å². The van der Waals surface area contributed by atoms with Crippen LogP contribution in [-0.4, -0.2) is 29.0 Å². The predicted molar refractivity (Wildman–Crippen MR) is 73.8 cm³/mol. The number of aromatic nitrogens is 2. The van der Waals surface area contributed by atoms with Crippen LogP contribution < -0.4 is 10.5 Å². The lowest BCUT2D eigenvalue weighted by molar-refractivity contribution is 0.561. The molecule has 6 nitrogen and oxygen atoms in total. The zero-order chi connectivity index (χ0) is 13.9. The lowest BCUT2D eigenvalue weighted by atomic mass is 10.3. The largest absolute Gasteiger partial charge is 0.393 e. The van der Waals surface area contributed by atoms with Crippen molar-refractivity contribution in [2.75, 3.05) is 0 Å². The van der Waals surface area contributed by atoms with Crippen LogP contribution in [-0.2, 0) is 16.6 Å². The Morgan fingerprint density at radius 1 is 1.67 bits per heavy atom. The molecule has 0 saturated heterocycles. The molecule has 0 aliphatic rings. The zero-order valence-corrected chi connectivity index (χ0v) is 12.3. The molecule has 1 atom stereocenters. The van der Waals surface area contributed by atoms with Gasteiger partial charge in [-0.3, -0.25) is 0 Å². The van der Waals surface area contributed by atoms with Gasteiger partial charge in [-0.05, 0) is 20.8 Å². The molecule has 1 unspecified atom stereocenters. The van der Waals surface area contributed by atoms with Crippen LogP contribution in [0.15, 0.2) is 11.2 Å². The summed E-state index contributed by atoms with van der Waals surface area (Å²) in [6.45, 7) is 6.08. The van der Waals surface area contributed by atoms with Crippen molar-refractivity contribution >= 4 is 27.2 Å². The topological polar surface area (TPSA) is 90.0 Å². The summed E-state index contributed by atoms with van der Waals surface area (Å²) in [6, 6.07) is -0.348.